The van der Waals surface area contributed by atoms with Crippen LogP contribution in [0.25, 0.3) is 0 Å². The van der Waals surface area contributed by atoms with Gasteiger partial charge in [0.05, 0.1) is 0 Å². The second-order valence-corrected chi connectivity index (χ2v) is 9.37. The fraction of sp³-hybridized carbons (Fsp3) is 0.818. The first-order valence-electron chi connectivity index (χ1n) is 5.18. The van der Waals surface area contributed by atoms with Crippen molar-refractivity contribution in [3.05, 3.63) is 11.4 Å². The van der Waals surface area contributed by atoms with E-state index in [0.29, 0.717) is 0 Å². The van der Waals surface area contributed by atoms with Crippen molar-refractivity contribution in [2.75, 3.05) is 19.5 Å². The Labute approximate surface area is 78.8 Å². The maximum atomic E-state index is 2.48. The zero-order valence-electron chi connectivity index (χ0n) is 9.41. The molecule has 0 aromatic carbocycles. The molecule has 0 rings (SSSR count). The summed E-state index contributed by atoms with van der Waals surface area (Å²) >= 11 is 0. The first-order valence-corrected chi connectivity index (χ1v) is 8.38. The Hall–Kier alpha value is 0.170. The Morgan fingerprint density at radius 1 is 1.25 bits per heavy atom. The third-order valence-corrected chi connectivity index (χ3v) is 6.93. The summed E-state index contributed by atoms with van der Waals surface area (Å²) < 4.78 is 0. The molecule has 0 aliphatic rings. The van der Waals surface area contributed by atoms with E-state index < -0.39 is 7.26 Å². The van der Waals surface area contributed by atoms with Gasteiger partial charge >= 0.3 is 78.2 Å². The van der Waals surface area contributed by atoms with Gasteiger partial charge in [0.15, 0.2) is 0 Å². The van der Waals surface area contributed by atoms with Gasteiger partial charge in [-0.1, -0.05) is 0 Å². The Kier molecular flexibility index (Phi) is 5.84. The van der Waals surface area contributed by atoms with E-state index in [1.807, 2.05) is 0 Å². The molecule has 0 radical (unpaired) electrons. The quantitative estimate of drug-likeness (QED) is 0.450. The molecule has 0 N–H and O–H groups in total. The molecule has 0 aromatic heterocycles. The van der Waals surface area contributed by atoms with E-state index in [-0.39, 0.29) is 0 Å². The summed E-state index contributed by atoms with van der Waals surface area (Å²) in [5.74, 6) is 0. The van der Waals surface area contributed by atoms with Crippen LogP contribution in [0.1, 0.15) is 40.0 Å². The van der Waals surface area contributed by atoms with Gasteiger partial charge in [-0.25, -0.2) is 0 Å². The molecule has 0 unspecified atom stereocenters. The van der Waals surface area contributed by atoms with E-state index >= 15 is 0 Å². The van der Waals surface area contributed by atoms with Gasteiger partial charge in [0, 0.05) is 0 Å². The third kappa shape index (κ3) is 4.26. The predicted molar refractivity (Wildman–Crippen MR) is 64.0 cm³/mol. The number of allylic oxidation sites excluding steroid dienone is 2. The molecule has 1 heteroatoms. The van der Waals surface area contributed by atoms with Crippen LogP contribution in [0.2, 0.25) is 0 Å². The van der Waals surface area contributed by atoms with E-state index in [9.17, 15) is 0 Å². The molecule has 0 amide bonds. The molecule has 0 aliphatic carbocycles. The normalized spacial score (nSPS) is 14.9. The number of hydrogen-bond donors (Lipinski definition) is 0. The van der Waals surface area contributed by atoms with Gasteiger partial charge in [-0.05, 0) is 0 Å². The Balaban J connectivity index is 3.87. The van der Waals surface area contributed by atoms with Gasteiger partial charge < -0.3 is 0 Å². The van der Waals surface area contributed by atoms with Crippen LogP contribution in [0.3, 0.4) is 0 Å². The van der Waals surface area contributed by atoms with Crippen molar-refractivity contribution >= 4 is 7.26 Å². The standard InChI is InChI=1S/C11H25P/c1-6-8-9-10-12(4,5)11(3)7-2/h7,12H,6,8-10H2,1-5H3/b11-7+. The van der Waals surface area contributed by atoms with Crippen molar-refractivity contribution in [1.29, 1.82) is 0 Å². The summed E-state index contributed by atoms with van der Waals surface area (Å²) in [6, 6.07) is 0. The van der Waals surface area contributed by atoms with Crippen LogP contribution in [0.15, 0.2) is 11.4 Å². The van der Waals surface area contributed by atoms with Crippen LogP contribution in [0, 0.1) is 0 Å². The van der Waals surface area contributed by atoms with Gasteiger partial charge in [-0.3, -0.25) is 0 Å². The summed E-state index contributed by atoms with van der Waals surface area (Å²) in [7, 11) is -0.983. The minimum absolute atomic E-state index is 0.983. The van der Waals surface area contributed by atoms with Crippen LogP contribution in [-0.4, -0.2) is 19.5 Å². The second-order valence-electron chi connectivity index (χ2n) is 4.31. The van der Waals surface area contributed by atoms with Crippen molar-refractivity contribution in [3.63, 3.8) is 0 Å². The van der Waals surface area contributed by atoms with Crippen molar-refractivity contribution in [2.45, 2.75) is 40.0 Å². The summed E-state index contributed by atoms with van der Waals surface area (Å²) in [4.78, 5) is 0. The van der Waals surface area contributed by atoms with Gasteiger partial charge in [0.25, 0.3) is 0 Å². The van der Waals surface area contributed by atoms with E-state index in [0.717, 1.165) is 0 Å². The molecule has 0 aromatic rings. The van der Waals surface area contributed by atoms with Gasteiger partial charge in [0.2, 0.25) is 0 Å². The van der Waals surface area contributed by atoms with Gasteiger partial charge in [-0.2, -0.15) is 0 Å². The molecule has 12 heavy (non-hydrogen) atoms. The Bertz CT molecular complexity index is 145. The van der Waals surface area contributed by atoms with E-state index in [2.05, 4.69) is 40.2 Å². The summed E-state index contributed by atoms with van der Waals surface area (Å²) in [5.41, 5.74) is 0. The number of hydrogen-bond acceptors (Lipinski definition) is 0. The average Bonchev–Trinajstić information content (AvgIpc) is 2.03. The molecule has 0 bridgehead atoms. The molecular formula is C11H25P. The Morgan fingerprint density at radius 3 is 2.25 bits per heavy atom. The molecule has 0 spiro atoms. The zero-order chi connectivity index (χ0) is 9.61. The summed E-state index contributed by atoms with van der Waals surface area (Å²) in [5, 5.41) is 1.67. The summed E-state index contributed by atoms with van der Waals surface area (Å²) in [6.07, 6.45) is 7.96. The molecule has 0 saturated heterocycles. The third-order valence-electron chi connectivity index (χ3n) is 2.91. The van der Waals surface area contributed by atoms with Crippen molar-refractivity contribution in [2.24, 2.45) is 0 Å². The monoisotopic (exact) mass is 188 g/mol. The van der Waals surface area contributed by atoms with Crippen LogP contribution in [0.4, 0.5) is 0 Å². The molecule has 0 aliphatic heterocycles. The van der Waals surface area contributed by atoms with Gasteiger partial charge in [-0.15, -0.1) is 0 Å². The molecule has 74 valence electrons. The first-order chi connectivity index (χ1) is 5.54. The molecule has 0 saturated carbocycles. The fourth-order valence-corrected chi connectivity index (χ4v) is 3.71. The summed E-state index contributed by atoms with van der Waals surface area (Å²) in [6.45, 7) is 11.7. The van der Waals surface area contributed by atoms with E-state index in [1.165, 1.54) is 25.4 Å². The molecule has 0 atom stereocenters. The molecule has 0 heterocycles. The predicted octanol–water partition coefficient (Wildman–Crippen LogP) is 4.11. The molecule has 0 fully saturated rings. The average molecular weight is 188 g/mol. The topological polar surface area (TPSA) is 0 Å². The minimum atomic E-state index is -0.983. The first kappa shape index (κ1) is 12.2. The van der Waals surface area contributed by atoms with E-state index in [1.54, 1.807) is 5.31 Å². The molecule has 0 nitrogen and oxygen atoms in total. The van der Waals surface area contributed by atoms with Gasteiger partial charge in [0.1, 0.15) is 0 Å². The van der Waals surface area contributed by atoms with Crippen LogP contribution in [-0.2, 0) is 0 Å². The van der Waals surface area contributed by atoms with Crippen molar-refractivity contribution < 1.29 is 0 Å². The van der Waals surface area contributed by atoms with Crippen molar-refractivity contribution in [1.82, 2.24) is 0 Å². The Morgan fingerprint density at radius 2 is 1.83 bits per heavy atom. The second kappa shape index (κ2) is 5.75. The van der Waals surface area contributed by atoms with Crippen LogP contribution >= 0.6 is 7.26 Å². The van der Waals surface area contributed by atoms with Crippen LogP contribution in [0.5, 0.6) is 0 Å². The fourth-order valence-electron chi connectivity index (χ4n) is 1.40. The van der Waals surface area contributed by atoms with Crippen molar-refractivity contribution in [3.8, 4) is 0 Å². The SMILES string of the molecule is C/C=C(\C)[PH](C)(C)CCCCC. The zero-order valence-corrected chi connectivity index (χ0v) is 10.4. The van der Waals surface area contributed by atoms with Crippen LogP contribution < -0.4 is 0 Å². The molecular weight excluding hydrogens is 163 g/mol. The number of unbranched alkanes of at least 4 members (excludes halogenated alkanes) is 2. The maximum absolute atomic E-state index is 2.48. The number of rotatable bonds is 5. The van der Waals surface area contributed by atoms with E-state index in [4.69, 9.17) is 0 Å².